The minimum absolute atomic E-state index is 0.0629. The molecule has 0 amide bonds. The van der Waals surface area contributed by atoms with Crippen molar-refractivity contribution in [3.8, 4) is 23.7 Å². The Bertz CT molecular complexity index is 1170. The van der Waals surface area contributed by atoms with Gasteiger partial charge in [0.15, 0.2) is 0 Å². The molecule has 0 unspecified atom stereocenters. The second-order valence-corrected chi connectivity index (χ2v) is 6.89. The molecule has 0 aliphatic carbocycles. The van der Waals surface area contributed by atoms with Gasteiger partial charge in [0.05, 0.1) is 23.3 Å². The third kappa shape index (κ3) is 6.64. The molecule has 1 N–H and O–H groups in total. The SMILES string of the molecule is C\C=C/C(=C\C=C(/C)C#N)c1cc(C(=O)OCC)ccc1C#Cc1ccc(O)cc1Cl. The van der Waals surface area contributed by atoms with Crippen LogP contribution in [0, 0.1) is 23.2 Å². The van der Waals surface area contributed by atoms with Crippen LogP contribution in [0.3, 0.4) is 0 Å². The van der Waals surface area contributed by atoms with Crippen LogP contribution in [0.2, 0.25) is 5.02 Å². The van der Waals surface area contributed by atoms with Crippen molar-refractivity contribution in [2.24, 2.45) is 0 Å². The summed E-state index contributed by atoms with van der Waals surface area (Å²) in [6.07, 6.45) is 7.26. The Hall–Kier alpha value is -3.73. The van der Waals surface area contributed by atoms with Crippen LogP contribution in [0.1, 0.15) is 47.8 Å². The predicted molar refractivity (Wildman–Crippen MR) is 124 cm³/mol. The van der Waals surface area contributed by atoms with E-state index in [1.807, 2.05) is 25.2 Å². The van der Waals surface area contributed by atoms with Gasteiger partial charge in [-0.25, -0.2) is 4.79 Å². The molecule has 0 spiro atoms. The van der Waals surface area contributed by atoms with Gasteiger partial charge in [0, 0.05) is 16.7 Å². The second kappa shape index (κ2) is 11.5. The number of esters is 1. The number of phenolic OH excluding ortho intramolecular Hbond substituents is 1. The van der Waals surface area contributed by atoms with E-state index in [0.717, 1.165) is 5.57 Å². The van der Waals surface area contributed by atoms with Crippen LogP contribution in [-0.4, -0.2) is 17.7 Å². The molecular formula is C26H22ClNO3. The minimum atomic E-state index is -0.423. The maximum Gasteiger partial charge on any atom is 0.338 e. The Kier molecular flexibility index (Phi) is 8.70. The number of ether oxygens (including phenoxy) is 1. The zero-order valence-electron chi connectivity index (χ0n) is 17.6. The van der Waals surface area contributed by atoms with Gasteiger partial charge in [-0.05, 0) is 74.4 Å². The number of nitriles is 1. The van der Waals surface area contributed by atoms with E-state index in [-0.39, 0.29) is 12.4 Å². The molecule has 0 aliphatic rings. The van der Waals surface area contributed by atoms with Gasteiger partial charge in [-0.3, -0.25) is 0 Å². The normalized spacial score (nSPS) is 11.6. The van der Waals surface area contributed by atoms with Crippen molar-refractivity contribution >= 4 is 23.1 Å². The van der Waals surface area contributed by atoms with E-state index < -0.39 is 5.97 Å². The number of carbonyl (C=O) groups is 1. The number of halogens is 1. The number of allylic oxidation sites excluding steroid dienone is 6. The molecule has 4 nitrogen and oxygen atoms in total. The van der Waals surface area contributed by atoms with E-state index in [4.69, 9.17) is 21.6 Å². The van der Waals surface area contributed by atoms with Crippen LogP contribution in [0.5, 0.6) is 5.75 Å². The van der Waals surface area contributed by atoms with Crippen molar-refractivity contribution in [2.45, 2.75) is 20.8 Å². The smallest absolute Gasteiger partial charge is 0.338 e. The summed E-state index contributed by atoms with van der Waals surface area (Å²) in [7, 11) is 0. The lowest BCUT2D eigenvalue weighted by molar-refractivity contribution is 0.0526. The van der Waals surface area contributed by atoms with Gasteiger partial charge < -0.3 is 9.84 Å². The van der Waals surface area contributed by atoms with Crippen LogP contribution in [0.25, 0.3) is 5.57 Å². The number of rotatable bonds is 5. The maximum absolute atomic E-state index is 12.3. The first kappa shape index (κ1) is 23.5. The molecule has 0 bridgehead atoms. The average molecular weight is 432 g/mol. The second-order valence-electron chi connectivity index (χ2n) is 6.48. The lowest BCUT2D eigenvalue weighted by atomic mass is 9.96. The molecule has 0 fully saturated rings. The Morgan fingerprint density at radius 1 is 1.16 bits per heavy atom. The molecular weight excluding hydrogens is 410 g/mol. The molecule has 31 heavy (non-hydrogen) atoms. The van der Waals surface area contributed by atoms with Gasteiger partial charge >= 0.3 is 5.97 Å². The monoisotopic (exact) mass is 431 g/mol. The van der Waals surface area contributed by atoms with Crippen molar-refractivity contribution in [2.75, 3.05) is 6.61 Å². The molecule has 0 saturated carbocycles. The number of phenols is 1. The summed E-state index contributed by atoms with van der Waals surface area (Å²) in [6.45, 7) is 5.62. The van der Waals surface area contributed by atoms with Gasteiger partial charge in [0.1, 0.15) is 5.75 Å². The zero-order valence-corrected chi connectivity index (χ0v) is 18.3. The summed E-state index contributed by atoms with van der Waals surface area (Å²) in [4.78, 5) is 12.3. The fourth-order valence-corrected chi connectivity index (χ4v) is 2.86. The number of aromatic hydroxyl groups is 1. The highest BCUT2D eigenvalue weighted by Gasteiger charge is 2.12. The first-order chi connectivity index (χ1) is 14.9. The van der Waals surface area contributed by atoms with E-state index >= 15 is 0 Å². The summed E-state index contributed by atoms with van der Waals surface area (Å²) in [5.74, 6) is 5.76. The molecule has 0 radical (unpaired) electrons. The van der Waals surface area contributed by atoms with Crippen LogP contribution in [0.15, 0.2) is 66.3 Å². The summed E-state index contributed by atoms with van der Waals surface area (Å²) in [5, 5.41) is 18.9. The number of benzene rings is 2. The Morgan fingerprint density at radius 3 is 2.52 bits per heavy atom. The summed E-state index contributed by atoms with van der Waals surface area (Å²) < 4.78 is 5.13. The quantitative estimate of drug-likeness (QED) is 0.270. The van der Waals surface area contributed by atoms with E-state index in [9.17, 15) is 9.90 Å². The van der Waals surface area contributed by atoms with Gasteiger partial charge in [-0.15, -0.1) is 0 Å². The van der Waals surface area contributed by atoms with Crippen LogP contribution < -0.4 is 0 Å². The largest absolute Gasteiger partial charge is 0.508 e. The Balaban J connectivity index is 2.67. The Labute approximate surface area is 187 Å². The molecule has 0 aromatic heterocycles. The molecule has 0 atom stereocenters. The van der Waals surface area contributed by atoms with E-state index in [2.05, 4.69) is 17.9 Å². The highest BCUT2D eigenvalue weighted by atomic mass is 35.5. The standard InChI is InChI=1S/C26H22ClNO3/c1-4-6-19(8-7-18(3)17-28)24-15-22(26(30)31-5-2)12-10-20(24)9-11-21-13-14-23(29)16-25(21)27/h4,6-8,10,12-16,29H,5H2,1-3H3/b6-4-,18-7+,19-8+. The summed E-state index contributed by atoms with van der Waals surface area (Å²) in [6, 6.07) is 11.8. The highest BCUT2D eigenvalue weighted by Crippen LogP contribution is 2.24. The maximum atomic E-state index is 12.3. The fraction of sp³-hybridized carbons (Fsp3) is 0.154. The van der Waals surface area contributed by atoms with Gasteiger partial charge in [-0.2, -0.15) is 5.26 Å². The number of hydrogen-bond donors (Lipinski definition) is 1. The van der Waals surface area contributed by atoms with Crippen molar-refractivity contribution in [3.63, 3.8) is 0 Å². The zero-order chi connectivity index (χ0) is 22.8. The molecule has 156 valence electrons. The van der Waals surface area contributed by atoms with Crippen LogP contribution >= 0.6 is 11.6 Å². The fourth-order valence-electron chi connectivity index (χ4n) is 2.64. The van der Waals surface area contributed by atoms with Crippen molar-refractivity contribution in [1.29, 1.82) is 5.26 Å². The molecule has 2 rings (SSSR count). The first-order valence-corrected chi connectivity index (χ1v) is 10.0. The van der Waals surface area contributed by atoms with Crippen LogP contribution in [0.4, 0.5) is 0 Å². The summed E-state index contributed by atoms with van der Waals surface area (Å²) in [5.41, 5.74) is 3.69. The van der Waals surface area contributed by atoms with E-state index in [1.165, 1.54) is 12.1 Å². The van der Waals surface area contributed by atoms with Gasteiger partial charge in [-0.1, -0.05) is 41.7 Å². The molecule has 0 saturated heterocycles. The number of hydrogen-bond acceptors (Lipinski definition) is 4. The topological polar surface area (TPSA) is 70.3 Å². The van der Waals surface area contributed by atoms with Gasteiger partial charge in [0.25, 0.3) is 0 Å². The summed E-state index contributed by atoms with van der Waals surface area (Å²) >= 11 is 6.17. The number of carbonyl (C=O) groups excluding carboxylic acids is 1. The van der Waals surface area contributed by atoms with Crippen molar-refractivity contribution in [3.05, 3.63) is 93.6 Å². The van der Waals surface area contributed by atoms with E-state index in [1.54, 1.807) is 44.2 Å². The number of nitrogens with zero attached hydrogens (tertiary/aromatic N) is 1. The molecule has 0 heterocycles. The van der Waals surface area contributed by atoms with Crippen molar-refractivity contribution < 1.29 is 14.6 Å². The highest BCUT2D eigenvalue weighted by molar-refractivity contribution is 6.31. The van der Waals surface area contributed by atoms with E-state index in [0.29, 0.717) is 32.8 Å². The molecule has 5 heteroatoms. The third-order valence-electron chi connectivity index (χ3n) is 4.16. The van der Waals surface area contributed by atoms with Gasteiger partial charge in [0.2, 0.25) is 0 Å². The lowest BCUT2D eigenvalue weighted by Crippen LogP contribution is -2.05. The lowest BCUT2D eigenvalue weighted by Gasteiger charge is -2.09. The molecule has 2 aromatic rings. The molecule has 0 aliphatic heterocycles. The molecule has 2 aromatic carbocycles. The van der Waals surface area contributed by atoms with Crippen LogP contribution in [-0.2, 0) is 4.74 Å². The third-order valence-corrected chi connectivity index (χ3v) is 4.47. The predicted octanol–water partition coefficient (Wildman–Crippen LogP) is 6.05. The Morgan fingerprint density at radius 2 is 1.87 bits per heavy atom. The minimum Gasteiger partial charge on any atom is -0.508 e. The first-order valence-electron chi connectivity index (χ1n) is 9.63. The van der Waals surface area contributed by atoms with Crippen molar-refractivity contribution in [1.82, 2.24) is 0 Å². The average Bonchev–Trinajstić information content (AvgIpc) is 2.76.